The summed E-state index contributed by atoms with van der Waals surface area (Å²) in [5.41, 5.74) is 1.92. The summed E-state index contributed by atoms with van der Waals surface area (Å²) >= 11 is 17.5. The molecule has 188 valence electrons. The maximum Gasteiger partial charge on any atom is 0.254 e. The Morgan fingerprint density at radius 3 is 2.61 bits per heavy atom. The van der Waals surface area contributed by atoms with Crippen LogP contribution in [-0.2, 0) is 25.6 Å². The first-order valence-corrected chi connectivity index (χ1v) is 13.4. The molecule has 8 nitrogen and oxygen atoms in total. The van der Waals surface area contributed by atoms with Gasteiger partial charge in [0.25, 0.3) is 11.8 Å². The van der Waals surface area contributed by atoms with E-state index in [0.29, 0.717) is 23.3 Å². The molecule has 0 bridgehead atoms. The molecule has 6 atom stereocenters. The Hall–Kier alpha value is -2.36. The Morgan fingerprint density at radius 1 is 1.14 bits per heavy atom. The minimum Gasteiger partial charge on any atom is -0.508 e. The van der Waals surface area contributed by atoms with Crippen molar-refractivity contribution < 1.29 is 29.0 Å². The average Bonchev–Trinajstić information content (AvgIpc) is 3.16. The van der Waals surface area contributed by atoms with Crippen molar-refractivity contribution in [3.63, 3.8) is 0 Å². The number of carbonyl (C=O) groups excluding carboxylic acids is 4. The number of fused-ring (bicyclic) bond motifs is 5. The monoisotopic (exact) mass is 594 g/mol. The van der Waals surface area contributed by atoms with Gasteiger partial charge >= 0.3 is 0 Å². The number of nitrogens with zero attached hydrogens (tertiary/aromatic N) is 2. The molecule has 1 aromatic carbocycles. The lowest BCUT2D eigenvalue weighted by Gasteiger charge is -2.51. The fourth-order valence-electron chi connectivity index (χ4n) is 6.72. The quantitative estimate of drug-likeness (QED) is 0.244. The molecule has 6 rings (SSSR count). The van der Waals surface area contributed by atoms with Gasteiger partial charge in [-0.1, -0.05) is 27.6 Å². The summed E-state index contributed by atoms with van der Waals surface area (Å²) in [6.45, 7) is 0. The average molecular weight is 596 g/mol. The zero-order valence-electron chi connectivity index (χ0n) is 19.0. The van der Waals surface area contributed by atoms with Crippen LogP contribution in [0.15, 0.2) is 41.7 Å². The zero-order chi connectivity index (χ0) is 25.7. The number of carbonyl (C=O) groups is 4. The Morgan fingerprint density at radius 2 is 1.89 bits per heavy atom. The molecule has 1 N–H and O–H groups in total. The second-order valence-corrected chi connectivity index (χ2v) is 11.7. The van der Waals surface area contributed by atoms with Gasteiger partial charge in [-0.05, 0) is 42.5 Å². The maximum absolute atomic E-state index is 13.7. The molecule has 1 aromatic rings. The van der Waals surface area contributed by atoms with E-state index in [-0.39, 0.29) is 35.9 Å². The fourth-order valence-corrected chi connectivity index (χ4v) is 8.16. The molecule has 0 radical (unpaired) electrons. The van der Waals surface area contributed by atoms with E-state index in [4.69, 9.17) is 27.9 Å². The molecule has 0 unspecified atom stereocenters. The molecule has 1 saturated carbocycles. The Balaban J connectivity index is 1.54. The summed E-state index contributed by atoms with van der Waals surface area (Å²) in [6, 6.07) is 4.73. The third-order valence-corrected chi connectivity index (χ3v) is 10.3. The molecule has 0 spiro atoms. The SMILES string of the molecule is CN1C(=O)[C@H]2[C@H](CC=C3[C@H](C4=COc5ccc(O)cc5C4)[C@]4(Cl)C(=O)N(CBr)C(=O)[C@]4(Cl)C[C@H]32)C1=O. The van der Waals surface area contributed by atoms with Gasteiger partial charge in [0, 0.05) is 24.9 Å². The van der Waals surface area contributed by atoms with Gasteiger partial charge in [-0.25, -0.2) is 0 Å². The molecular weight excluding hydrogens is 575 g/mol. The highest BCUT2D eigenvalue weighted by atomic mass is 79.9. The number of ether oxygens (including phenoxy) is 1. The minimum atomic E-state index is -1.87. The van der Waals surface area contributed by atoms with Crippen molar-refractivity contribution in [2.75, 3.05) is 12.5 Å². The predicted molar refractivity (Wildman–Crippen MR) is 132 cm³/mol. The van der Waals surface area contributed by atoms with Gasteiger partial charge in [0.05, 0.1) is 23.6 Å². The first kappa shape index (κ1) is 24.0. The number of allylic oxidation sites excluding steroid dienone is 3. The molecule has 4 amide bonds. The van der Waals surface area contributed by atoms with Gasteiger partial charge in [-0.2, -0.15) is 0 Å². The highest BCUT2D eigenvalue weighted by molar-refractivity contribution is 9.09. The third-order valence-electron chi connectivity index (χ3n) is 8.38. The topological polar surface area (TPSA) is 104 Å². The molecule has 3 heterocycles. The molecule has 2 aliphatic carbocycles. The van der Waals surface area contributed by atoms with Gasteiger partial charge < -0.3 is 9.84 Å². The van der Waals surface area contributed by atoms with Crippen molar-refractivity contribution in [3.8, 4) is 11.5 Å². The molecule has 2 saturated heterocycles. The molecule has 36 heavy (non-hydrogen) atoms. The Labute approximate surface area is 225 Å². The normalized spacial score (nSPS) is 37.1. The molecule has 5 aliphatic rings. The number of likely N-dealkylation sites (tertiary alicyclic amines) is 2. The van der Waals surface area contributed by atoms with Crippen molar-refractivity contribution in [2.24, 2.45) is 23.7 Å². The number of phenols is 1. The number of alkyl halides is 3. The largest absolute Gasteiger partial charge is 0.508 e. The van der Waals surface area contributed by atoms with Crippen LogP contribution in [0.3, 0.4) is 0 Å². The van der Waals surface area contributed by atoms with Crippen LogP contribution in [0, 0.1) is 23.7 Å². The van der Waals surface area contributed by atoms with Crippen LogP contribution in [-0.4, -0.2) is 60.8 Å². The Kier molecular flexibility index (Phi) is 5.21. The van der Waals surface area contributed by atoms with Crippen LogP contribution < -0.4 is 4.74 Å². The first-order chi connectivity index (χ1) is 17.0. The molecule has 3 fully saturated rings. The number of benzene rings is 1. The lowest BCUT2D eigenvalue weighted by atomic mass is 9.56. The van der Waals surface area contributed by atoms with Crippen molar-refractivity contribution >= 4 is 62.8 Å². The van der Waals surface area contributed by atoms with Gasteiger partial charge in [-0.3, -0.25) is 29.0 Å². The summed E-state index contributed by atoms with van der Waals surface area (Å²) in [6.07, 6.45) is 3.96. The summed E-state index contributed by atoms with van der Waals surface area (Å²) in [5, 5.41) is 10.0. The molecule has 0 aromatic heterocycles. The van der Waals surface area contributed by atoms with Crippen LogP contribution in [0.1, 0.15) is 18.4 Å². The second-order valence-electron chi connectivity index (χ2n) is 10.0. The van der Waals surface area contributed by atoms with E-state index in [0.717, 1.165) is 15.4 Å². The predicted octanol–water partition coefficient (Wildman–Crippen LogP) is 3.08. The summed E-state index contributed by atoms with van der Waals surface area (Å²) in [4.78, 5) is 51.7. The zero-order valence-corrected chi connectivity index (χ0v) is 22.1. The number of rotatable bonds is 2. The van der Waals surface area contributed by atoms with Gasteiger partial charge in [0.15, 0.2) is 9.75 Å². The van der Waals surface area contributed by atoms with Crippen molar-refractivity contribution in [3.05, 3.63) is 47.2 Å². The van der Waals surface area contributed by atoms with Crippen LogP contribution in [0.25, 0.3) is 0 Å². The lowest BCUT2D eigenvalue weighted by Crippen LogP contribution is -2.61. The summed E-state index contributed by atoms with van der Waals surface area (Å²) in [7, 11) is 1.46. The number of amides is 4. The Bertz CT molecular complexity index is 1330. The fraction of sp³-hybridized carbons (Fsp3) is 0.440. The number of phenolic OH excluding ortho intramolecular Hbond substituents is 1. The minimum absolute atomic E-state index is 0.0476. The van der Waals surface area contributed by atoms with E-state index < -0.39 is 45.2 Å². The number of hydrogen-bond acceptors (Lipinski definition) is 6. The highest BCUT2D eigenvalue weighted by Gasteiger charge is 2.76. The second kappa shape index (κ2) is 7.82. The number of hydrogen-bond donors (Lipinski definition) is 1. The highest BCUT2D eigenvalue weighted by Crippen LogP contribution is 2.64. The van der Waals surface area contributed by atoms with E-state index in [9.17, 15) is 24.3 Å². The van der Waals surface area contributed by atoms with Crippen LogP contribution in [0.5, 0.6) is 11.5 Å². The number of halogens is 3. The van der Waals surface area contributed by atoms with Crippen molar-refractivity contribution in [1.29, 1.82) is 0 Å². The van der Waals surface area contributed by atoms with E-state index in [1.165, 1.54) is 19.4 Å². The van der Waals surface area contributed by atoms with Crippen LogP contribution >= 0.6 is 39.1 Å². The van der Waals surface area contributed by atoms with E-state index in [2.05, 4.69) is 15.9 Å². The van der Waals surface area contributed by atoms with Crippen molar-refractivity contribution in [1.82, 2.24) is 9.80 Å². The van der Waals surface area contributed by atoms with Crippen LogP contribution in [0.4, 0.5) is 0 Å². The van der Waals surface area contributed by atoms with E-state index in [1.54, 1.807) is 12.1 Å². The summed E-state index contributed by atoms with van der Waals surface area (Å²) < 4.78 is 5.86. The van der Waals surface area contributed by atoms with E-state index >= 15 is 0 Å². The number of imide groups is 2. The van der Waals surface area contributed by atoms with E-state index in [1.807, 2.05) is 6.08 Å². The molecule has 11 heteroatoms. The van der Waals surface area contributed by atoms with Gasteiger partial charge in [0.1, 0.15) is 11.5 Å². The summed E-state index contributed by atoms with van der Waals surface area (Å²) in [5.74, 6) is -3.88. The standard InChI is InChI=1S/C25H21BrCl2N2O6/c1-29-20(32)15-4-3-14-16(18(15)21(29)33)8-24(27)22(34)30(10-26)23(35)25(24,28)19(14)12-6-11-7-13(31)2-5-17(11)36-9-12/h2-3,5,7,9,15-16,18-19,31H,4,6,8,10H2,1H3/t15-,16+,18-,19-,24+,25-/m0/s1. The van der Waals surface area contributed by atoms with Crippen molar-refractivity contribution in [2.45, 2.75) is 29.0 Å². The maximum atomic E-state index is 13.7. The van der Waals surface area contributed by atoms with Crippen LogP contribution in [0.2, 0.25) is 0 Å². The number of aromatic hydroxyl groups is 1. The molecular formula is C25H21BrCl2N2O6. The lowest BCUT2D eigenvalue weighted by molar-refractivity contribution is -0.140. The first-order valence-electron chi connectivity index (χ1n) is 11.5. The third kappa shape index (κ3) is 2.82. The smallest absolute Gasteiger partial charge is 0.254 e. The molecule has 3 aliphatic heterocycles. The van der Waals surface area contributed by atoms with Gasteiger partial charge in [-0.15, -0.1) is 23.2 Å². The van der Waals surface area contributed by atoms with Gasteiger partial charge in [0.2, 0.25) is 11.8 Å².